The number of amides is 1. The molecule has 120 valence electrons. The van der Waals surface area contributed by atoms with Crippen molar-refractivity contribution in [3.63, 3.8) is 0 Å². The standard InChI is InChI=1S/C15H23N3O.2ClH/c1-11(13-9-16-10-13)15(19)17-8-12-5-4-6-14(7-12)18(2)3;;/h4-7,11,13,16H,8-10H2,1-3H3,(H,17,19);2*1H. The van der Waals surface area contributed by atoms with Crippen LogP contribution in [0.3, 0.4) is 0 Å². The van der Waals surface area contributed by atoms with E-state index >= 15 is 0 Å². The zero-order valence-electron chi connectivity index (χ0n) is 12.8. The Morgan fingerprint density at radius 1 is 1.38 bits per heavy atom. The van der Waals surface area contributed by atoms with Crippen LogP contribution in [0, 0.1) is 11.8 Å². The van der Waals surface area contributed by atoms with Crippen LogP contribution >= 0.6 is 24.8 Å². The third-order valence-electron chi connectivity index (χ3n) is 3.83. The molecule has 1 atom stereocenters. The van der Waals surface area contributed by atoms with E-state index in [0.717, 1.165) is 24.3 Å². The molecule has 4 nitrogen and oxygen atoms in total. The van der Waals surface area contributed by atoms with E-state index in [1.165, 1.54) is 0 Å². The fraction of sp³-hybridized carbons (Fsp3) is 0.533. The fourth-order valence-electron chi connectivity index (χ4n) is 2.17. The van der Waals surface area contributed by atoms with Crippen LogP contribution in [0.2, 0.25) is 0 Å². The number of carbonyl (C=O) groups excluding carboxylic acids is 1. The quantitative estimate of drug-likeness (QED) is 0.866. The average molecular weight is 334 g/mol. The molecule has 2 N–H and O–H groups in total. The normalized spacial score (nSPS) is 15.0. The van der Waals surface area contributed by atoms with E-state index in [1.807, 2.05) is 33.2 Å². The van der Waals surface area contributed by atoms with E-state index in [9.17, 15) is 4.79 Å². The molecule has 2 rings (SSSR count). The summed E-state index contributed by atoms with van der Waals surface area (Å²) in [5, 5.41) is 6.23. The minimum absolute atomic E-state index is 0. The number of anilines is 1. The van der Waals surface area contributed by atoms with Crippen LogP contribution in [-0.4, -0.2) is 33.1 Å². The van der Waals surface area contributed by atoms with Crippen molar-refractivity contribution >= 4 is 36.4 Å². The van der Waals surface area contributed by atoms with E-state index in [0.29, 0.717) is 12.5 Å². The van der Waals surface area contributed by atoms with Crippen LogP contribution in [-0.2, 0) is 11.3 Å². The second-order valence-corrected chi connectivity index (χ2v) is 5.49. The second-order valence-electron chi connectivity index (χ2n) is 5.49. The molecule has 0 radical (unpaired) electrons. The highest BCUT2D eigenvalue weighted by Gasteiger charge is 2.28. The molecule has 1 heterocycles. The smallest absolute Gasteiger partial charge is 0.223 e. The highest BCUT2D eigenvalue weighted by molar-refractivity contribution is 5.85. The second kappa shape index (κ2) is 9.13. The highest BCUT2D eigenvalue weighted by atomic mass is 35.5. The molecule has 1 aromatic rings. The lowest BCUT2D eigenvalue weighted by molar-refractivity contribution is -0.126. The number of halogens is 2. The molecule has 1 saturated heterocycles. The lowest BCUT2D eigenvalue weighted by atomic mass is 9.88. The minimum Gasteiger partial charge on any atom is -0.378 e. The van der Waals surface area contributed by atoms with Crippen molar-refractivity contribution in [3.8, 4) is 0 Å². The van der Waals surface area contributed by atoms with Crippen molar-refractivity contribution in [1.29, 1.82) is 0 Å². The summed E-state index contributed by atoms with van der Waals surface area (Å²) in [4.78, 5) is 14.1. The summed E-state index contributed by atoms with van der Waals surface area (Å²) in [6.07, 6.45) is 0. The van der Waals surface area contributed by atoms with Crippen LogP contribution in [0.15, 0.2) is 24.3 Å². The molecule has 1 aliphatic rings. The van der Waals surface area contributed by atoms with Crippen LogP contribution in [0.25, 0.3) is 0 Å². The summed E-state index contributed by atoms with van der Waals surface area (Å²) < 4.78 is 0. The van der Waals surface area contributed by atoms with Gasteiger partial charge in [0.1, 0.15) is 0 Å². The Morgan fingerprint density at radius 3 is 2.57 bits per heavy atom. The van der Waals surface area contributed by atoms with Gasteiger partial charge in [0, 0.05) is 32.2 Å². The summed E-state index contributed by atoms with van der Waals surface area (Å²) in [6, 6.07) is 8.24. The zero-order valence-corrected chi connectivity index (χ0v) is 14.4. The first-order chi connectivity index (χ1) is 9.08. The van der Waals surface area contributed by atoms with Gasteiger partial charge in [0.25, 0.3) is 0 Å². The first-order valence-corrected chi connectivity index (χ1v) is 6.82. The van der Waals surface area contributed by atoms with Gasteiger partial charge in [-0.05, 0) is 36.7 Å². The monoisotopic (exact) mass is 333 g/mol. The van der Waals surface area contributed by atoms with Gasteiger partial charge in [0.05, 0.1) is 0 Å². The Labute approximate surface area is 139 Å². The lowest BCUT2D eigenvalue weighted by Gasteiger charge is -2.31. The molecule has 1 amide bonds. The summed E-state index contributed by atoms with van der Waals surface area (Å²) in [7, 11) is 4.03. The third kappa shape index (κ3) is 5.38. The molecule has 0 aliphatic carbocycles. The molecule has 0 bridgehead atoms. The molecule has 0 saturated carbocycles. The van der Waals surface area contributed by atoms with Crippen molar-refractivity contribution in [2.24, 2.45) is 11.8 Å². The average Bonchev–Trinajstić information content (AvgIpc) is 2.34. The predicted octanol–water partition coefficient (Wildman–Crippen LogP) is 2.07. The summed E-state index contributed by atoms with van der Waals surface area (Å²) >= 11 is 0. The first kappa shape index (κ1) is 20.0. The Morgan fingerprint density at radius 2 is 2.05 bits per heavy atom. The fourth-order valence-corrected chi connectivity index (χ4v) is 2.17. The van der Waals surface area contributed by atoms with Crippen molar-refractivity contribution in [2.75, 3.05) is 32.1 Å². The first-order valence-electron chi connectivity index (χ1n) is 6.82. The van der Waals surface area contributed by atoms with Gasteiger partial charge in [-0.15, -0.1) is 24.8 Å². The van der Waals surface area contributed by atoms with Crippen molar-refractivity contribution < 1.29 is 4.79 Å². The largest absolute Gasteiger partial charge is 0.378 e. The number of hydrogen-bond donors (Lipinski definition) is 2. The Kier molecular flexibility index (Phi) is 8.71. The Hall–Kier alpha value is -0.970. The Bertz CT molecular complexity index is 450. The lowest BCUT2D eigenvalue weighted by Crippen LogP contribution is -2.49. The molecular weight excluding hydrogens is 309 g/mol. The number of hydrogen-bond acceptors (Lipinski definition) is 3. The number of nitrogens with zero attached hydrogens (tertiary/aromatic N) is 1. The Balaban J connectivity index is 0.00000200. The zero-order chi connectivity index (χ0) is 13.8. The molecule has 6 heteroatoms. The van der Waals surface area contributed by atoms with Gasteiger partial charge in [0.15, 0.2) is 0 Å². The van der Waals surface area contributed by atoms with E-state index < -0.39 is 0 Å². The molecule has 1 fully saturated rings. The summed E-state index contributed by atoms with van der Waals surface area (Å²) in [5.41, 5.74) is 2.29. The maximum absolute atomic E-state index is 12.0. The number of benzene rings is 1. The van der Waals surface area contributed by atoms with Crippen LogP contribution in [0.4, 0.5) is 5.69 Å². The van der Waals surface area contributed by atoms with Gasteiger partial charge >= 0.3 is 0 Å². The van der Waals surface area contributed by atoms with Gasteiger partial charge in [-0.2, -0.15) is 0 Å². The summed E-state index contributed by atoms with van der Waals surface area (Å²) in [6.45, 7) is 4.54. The number of nitrogens with one attached hydrogen (secondary N) is 2. The van der Waals surface area contributed by atoms with Crippen LogP contribution in [0.5, 0.6) is 0 Å². The van der Waals surface area contributed by atoms with Gasteiger partial charge < -0.3 is 15.5 Å². The van der Waals surface area contributed by atoms with Gasteiger partial charge in [0.2, 0.25) is 5.91 Å². The molecular formula is C15H25Cl2N3O. The van der Waals surface area contributed by atoms with Gasteiger partial charge in [-0.3, -0.25) is 4.79 Å². The molecule has 21 heavy (non-hydrogen) atoms. The van der Waals surface area contributed by atoms with Crippen LogP contribution in [0.1, 0.15) is 12.5 Å². The van der Waals surface area contributed by atoms with Gasteiger partial charge in [-0.25, -0.2) is 0 Å². The van der Waals surface area contributed by atoms with Crippen LogP contribution < -0.4 is 15.5 Å². The van der Waals surface area contributed by atoms with Crippen molar-refractivity contribution in [3.05, 3.63) is 29.8 Å². The van der Waals surface area contributed by atoms with Crippen molar-refractivity contribution in [1.82, 2.24) is 10.6 Å². The van der Waals surface area contributed by atoms with Gasteiger partial charge in [-0.1, -0.05) is 19.1 Å². The van der Waals surface area contributed by atoms with E-state index in [-0.39, 0.29) is 36.6 Å². The maximum atomic E-state index is 12.0. The maximum Gasteiger partial charge on any atom is 0.223 e. The van der Waals surface area contributed by atoms with Crippen molar-refractivity contribution in [2.45, 2.75) is 13.5 Å². The number of rotatable bonds is 5. The van der Waals surface area contributed by atoms with E-state index in [4.69, 9.17) is 0 Å². The molecule has 1 aliphatic heterocycles. The molecule has 1 unspecified atom stereocenters. The summed E-state index contributed by atoms with van der Waals surface area (Å²) in [5.74, 6) is 0.744. The number of carbonyl (C=O) groups is 1. The minimum atomic E-state index is 0. The predicted molar refractivity (Wildman–Crippen MR) is 92.6 cm³/mol. The highest BCUT2D eigenvalue weighted by Crippen LogP contribution is 2.17. The molecule has 1 aromatic carbocycles. The third-order valence-corrected chi connectivity index (χ3v) is 3.83. The molecule has 0 aromatic heterocycles. The van der Waals surface area contributed by atoms with E-state index in [2.05, 4.69) is 27.7 Å². The topological polar surface area (TPSA) is 44.4 Å². The van der Waals surface area contributed by atoms with E-state index in [1.54, 1.807) is 0 Å². The SMILES string of the molecule is CC(C(=O)NCc1cccc(N(C)C)c1)C1CNC1.Cl.Cl. The molecule has 0 spiro atoms.